The average molecular weight is 251 g/mol. The summed E-state index contributed by atoms with van der Waals surface area (Å²) >= 11 is 0. The minimum Gasteiger partial charge on any atom is -0.468 e. The van der Waals surface area contributed by atoms with Crippen molar-refractivity contribution >= 4 is 5.97 Å². The summed E-state index contributed by atoms with van der Waals surface area (Å²) < 4.78 is 9.04. The van der Waals surface area contributed by atoms with Crippen molar-refractivity contribution in [2.24, 2.45) is 0 Å². The fourth-order valence-corrected chi connectivity index (χ4v) is 2.05. The molecular weight excluding hydrogens is 230 g/mol. The van der Waals surface area contributed by atoms with E-state index >= 15 is 0 Å². The van der Waals surface area contributed by atoms with Crippen molar-refractivity contribution < 1.29 is 14.3 Å². The maximum Gasteiger partial charge on any atom is 0.323 e. The molecule has 1 atom stereocenters. The van der Waals surface area contributed by atoms with Gasteiger partial charge in [-0.25, -0.2) is 0 Å². The highest BCUT2D eigenvalue weighted by Gasteiger charge is 2.29. The summed E-state index contributed by atoms with van der Waals surface area (Å²) in [6, 6.07) is 8.10. The molecule has 100 valence electrons. The van der Waals surface area contributed by atoms with E-state index in [4.69, 9.17) is 4.74 Å². The molecule has 1 aliphatic rings. The molecule has 0 aliphatic carbocycles. The number of hydrogen-bond donors (Lipinski definition) is 0. The number of esters is 1. The van der Waals surface area contributed by atoms with Crippen LogP contribution in [0.5, 0.6) is 0 Å². The number of ether oxygens (including phenoxy) is 2. The molecule has 1 unspecified atom stereocenters. The number of methoxy groups -OCH3 is 2. The second-order valence-corrected chi connectivity index (χ2v) is 4.34. The van der Waals surface area contributed by atoms with Gasteiger partial charge in [0.25, 0.3) is 0 Å². The topological polar surface area (TPSA) is 38.8 Å². The molecule has 0 fully saturated rings. The number of carbonyl (C=O) groups excluding carboxylic acids is 1. The number of carbonyl (C=O) groups is 1. The van der Waals surface area contributed by atoms with Crippen molar-refractivity contribution in [2.75, 3.05) is 28.4 Å². The van der Waals surface area contributed by atoms with Gasteiger partial charge >= 0.3 is 5.97 Å². The molecule has 1 aromatic rings. The summed E-state index contributed by atoms with van der Waals surface area (Å²) in [7, 11) is 6.65. The first kappa shape index (κ1) is 14.7. The maximum absolute atomic E-state index is 11.5. The molecule has 18 heavy (non-hydrogen) atoms. The molecule has 0 saturated heterocycles. The van der Waals surface area contributed by atoms with E-state index in [-0.39, 0.29) is 12.0 Å². The predicted octanol–water partition coefficient (Wildman–Crippen LogP) is 1.48. The molecule has 0 spiro atoms. The number of nitrogens with zero attached hydrogens (tertiary/aromatic N) is 1. The van der Waals surface area contributed by atoms with Crippen molar-refractivity contribution in [3.8, 4) is 0 Å². The van der Waals surface area contributed by atoms with Crippen LogP contribution < -0.4 is 0 Å². The third-order valence-electron chi connectivity index (χ3n) is 2.96. The minimum absolute atomic E-state index is 0.134. The summed E-state index contributed by atoms with van der Waals surface area (Å²) in [6.45, 7) is 0.815. The quantitative estimate of drug-likeness (QED) is 0.709. The number of likely N-dealkylation sites (N-methyl/N-ethyl adjacent to an activating group) is 1. The molecule has 0 bridgehead atoms. The lowest BCUT2D eigenvalue weighted by atomic mass is 9.94. The van der Waals surface area contributed by atoms with Gasteiger partial charge in [0.05, 0.1) is 7.11 Å². The fraction of sp³-hybridized carbons (Fsp3) is 0.500. The summed E-state index contributed by atoms with van der Waals surface area (Å²) in [5.41, 5.74) is 2.56. The van der Waals surface area contributed by atoms with Crippen molar-refractivity contribution in [3.63, 3.8) is 0 Å². The zero-order valence-electron chi connectivity index (χ0n) is 11.5. The van der Waals surface area contributed by atoms with Gasteiger partial charge in [-0.3, -0.25) is 9.69 Å². The van der Waals surface area contributed by atoms with E-state index < -0.39 is 0 Å². The van der Waals surface area contributed by atoms with Crippen LogP contribution in [0.2, 0.25) is 0 Å². The lowest BCUT2D eigenvalue weighted by molar-refractivity contribution is -0.147. The fourth-order valence-electron chi connectivity index (χ4n) is 2.05. The van der Waals surface area contributed by atoms with E-state index in [0.717, 1.165) is 13.0 Å². The van der Waals surface area contributed by atoms with Crippen molar-refractivity contribution in [3.05, 3.63) is 35.4 Å². The molecular formula is C14H21NO3. The van der Waals surface area contributed by atoms with Gasteiger partial charge in [-0.2, -0.15) is 0 Å². The lowest BCUT2D eigenvalue weighted by Gasteiger charge is -2.31. The lowest BCUT2D eigenvalue weighted by Crippen LogP contribution is -2.43. The zero-order chi connectivity index (χ0) is 13.5. The Morgan fingerprint density at radius 2 is 1.78 bits per heavy atom. The highest BCUT2D eigenvalue weighted by molar-refractivity contribution is 5.76. The Kier molecular flexibility index (Phi) is 5.82. The first-order chi connectivity index (χ1) is 8.63. The zero-order valence-corrected chi connectivity index (χ0v) is 11.5. The summed E-state index contributed by atoms with van der Waals surface area (Å²) in [5.74, 6) is -0.146. The SMILES string of the molecule is COC.COC(=O)C1Cc2ccccc2CN1C. The first-order valence-corrected chi connectivity index (χ1v) is 5.89. The van der Waals surface area contributed by atoms with Gasteiger partial charge in [-0.1, -0.05) is 24.3 Å². The number of benzene rings is 1. The second-order valence-electron chi connectivity index (χ2n) is 4.34. The summed E-state index contributed by atoms with van der Waals surface area (Å²) in [5, 5.41) is 0. The number of fused-ring (bicyclic) bond motifs is 1. The van der Waals surface area contributed by atoms with Crippen LogP contribution in [0.15, 0.2) is 24.3 Å². The average Bonchev–Trinajstić information content (AvgIpc) is 2.38. The van der Waals surface area contributed by atoms with Gasteiger partial charge in [-0.15, -0.1) is 0 Å². The molecule has 4 nitrogen and oxygen atoms in total. The Bertz CT molecular complexity index is 392. The van der Waals surface area contributed by atoms with Crippen molar-refractivity contribution in [1.29, 1.82) is 0 Å². The minimum atomic E-state index is -0.146. The van der Waals surface area contributed by atoms with Gasteiger partial charge in [0.15, 0.2) is 0 Å². The number of hydrogen-bond acceptors (Lipinski definition) is 4. The molecule has 0 amide bonds. The third kappa shape index (κ3) is 3.55. The molecule has 1 aliphatic heterocycles. The van der Waals surface area contributed by atoms with Crippen molar-refractivity contribution in [1.82, 2.24) is 4.90 Å². The van der Waals surface area contributed by atoms with Crippen LogP contribution in [0.1, 0.15) is 11.1 Å². The van der Waals surface area contributed by atoms with Gasteiger partial charge in [0.2, 0.25) is 0 Å². The van der Waals surface area contributed by atoms with Crippen LogP contribution in [0.3, 0.4) is 0 Å². The third-order valence-corrected chi connectivity index (χ3v) is 2.96. The van der Waals surface area contributed by atoms with E-state index in [1.54, 1.807) is 14.2 Å². The number of rotatable bonds is 1. The van der Waals surface area contributed by atoms with Crippen LogP contribution in [0.25, 0.3) is 0 Å². The van der Waals surface area contributed by atoms with E-state index in [0.29, 0.717) is 0 Å². The Morgan fingerprint density at radius 1 is 1.22 bits per heavy atom. The van der Waals surface area contributed by atoms with E-state index in [1.165, 1.54) is 18.2 Å². The summed E-state index contributed by atoms with van der Waals surface area (Å²) in [6.07, 6.45) is 0.749. The maximum atomic E-state index is 11.5. The molecule has 0 N–H and O–H groups in total. The van der Waals surface area contributed by atoms with Gasteiger partial charge in [0, 0.05) is 20.8 Å². The van der Waals surface area contributed by atoms with Crippen molar-refractivity contribution in [2.45, 2.75) is 19.0 Å². The van der Waals surface area contributed by atoms with Gasteiger partial charge in [0.1, 0.15) is 6.04 Å². The Labute approximate surface area is 108 Å². The summed E-state index contributed by atoms with van der Waals surface area (Å²) in [4.78, 5) is 13.6. The van der Waals surface area contributed by atoms with Crippen LogP contribution in [0, 0.1) is 0 Å². The monoisotopic (exact) mass is 251 g/mol. The molecule has 1 heterocycles. The molecule has 1 aromatic carbocycles. The standard InChI is InChI=1S/C12H15NO2.C2H6O/c1-13-8-10-6-4-3-5-9(10)7-11(13)12(14)15-2;1-3-2/h3-6,11H,7-8H2,1-2H3;1-2H3. The van der Waals surface area contributed by atoms with E-state index in [1.807, 2.05) is 24.1 Å². The molecule has 0 saturated carbocycles. The van der Waals surface area contributed by atoms with E-state index in [2.05, 4.69) is 16.9 Å². The molecule has 2 rings (SSSR count). The second kappa shape index (κ2) is 7.13. The molecule has 0 radical (unpaired) electrons. The van der Waals surface area contributed by atoms with Gasteiger partial charge < -0.3 is 9.47 Å². The first-order valence-electron chi connectivity index (χ1n) is 5.89. The molecule has 0 aromatic heterocycles. The van der Waals surface area contributed by atoms with Crippen LogP contribution in [-0.2, 0) is 27.2 Å². The highest BCUT2D eigenvalue weighted by Crippen LogP contribution is 2.22. The highest BCUT2D eigenvalue weighted by atomic mass is 16.5. The Morgan fingerprint density at radius 3 is 2.33 bits per heavy atom. The van der Waals surface area contributed by atoms with Crippen LogP contribution >= 0.6 is 0 Å². The van der Waals surface area contributed by atoms with Gasteiger partial charge in [-0.05, 0) is 24.6 Å². The predicted molar refractivity (Wildman–Crippen MR) is 70.4 cm³/mol. The Balaban J connectivity index is 0.000000492. The smallest absolute Gasteiger partial charge is 0.323 e. The normalized spacial score (nSPS) is 18.3. The van der Waals surface area contributed by atoms with Crippen LogP contribution in [0.4, 0.5) is 0 Å². The Hall–Kier alpha value is -1.39. The molecule has 4 heteroatoms. The van der Waals surface area contributed by atoms with E-state index in [9.17, 15) is 4.79 Å². The van der Waals surface area contributed by atoms with Crippen LogP contribution in [-0.4, -0.2) is 45.3 Å². The largest absolute Gasteiger partial charge is 0.468 e.